The van der Waals surface area contributed by atoms with Gasteiger partial charge in [-0.3, -0.25) is 4.79 Å². The van der Waals surface area contributed by atoms with Gasteiger partial charge in [0.25, 0.3) is 5.91 Å². The predicted molar refractivity (Wildman–Crippen MR) is 79.0 cm³/mol. The van der Waals surface area contributed by atoms with E-state index in [2.05, 4.69) is 19.2 Å². The van der Waals surface area contributed by atoms with Crippen LogP contribution >= 0.6 is 0 Å². The molecule has 1 fully saturated rings. The van der Waals surface area contributed by atoms with Crippen molar-refractivity contribution in [2.24, 2.45) is 11.8 Å². The van der Waals surface area contributed by atoms with Gasteiger partial charge in [0.2, 0.25) is 0 Å². The molecule has 0 aliphatic heterocycles. The summed E-state index contributed by atoms with van der Waals surface area (Å²) in [6.07, 6.45) is 3.51. The summed E-state index contributed by atoms with van der Waals surface area (Å²) in [4.78, 5) is 12.2. The Hall–Kier alpha value is -1.51. The van der Waals surface area contributed by atoms with E-state index in [1.165, 1.54) is 12.8 Å². The molecule has 19 heavy (non-hydrogen) atoms. The first-order valence-corrected chi connectivity index (χ1v) is 7.20. The average molecular weight is 260 g/mol. The maximum Gasteiger partial charge on any atom is 0.251 e. The lowest BCUT2D eigenvalue weighted by Crippen LogP contribution is -2.37. The SMILES string of the molecule is CCC1CCC(NC(=O)c2ccc(C)c(N)c2)C1C. The molecule has 1 aliphatic rings. The van der Waals surface area contributed by atoms with Gasteiger partial charge in [0.1, 0.15) is 0 Å². The van der Waals surface area contributed by atoms with Gasteiger partial charge in [0.15, 0.2) is 0 Å². The van der Waals surface area contributed by atoms with Crippen LogP contribution in [0.5, 0.6) is 0 Å². The third kappa shape index (κ3) is 2.91. The van der Waals surface area contributed by atoms with Crippen LogP contribution in [0.3, 0.4) is 0 Å². The van der Waals surface area contributed by atoms with Crippen molar-refractivity contribution in [1.82, 2.24) is 5.32 Å². The van der Waals surface area contributed by atoms with Crippen LogP contribution in [0.15, 0.2) is 18.2 Å². The minimum absolute atomic E-state index is 0.000281. The van der Waals surface area contributed by atoms with Crippen LogP contribution < -0.4 is 11.1 Å². The Morgan fingerprint density at radius 3 is 2.74 bits per heavy atom. The number of amides is 1. The van der Waals surface area contributed by atoms with Crippen LogP contribution in [0.2, 0.25) is 0 Å². The van der Waals surface area contributed by atoms with Crippen molar-refractivity contribution >= 4 is 11.6 Å². The molecule has 1 aromatic carbocycles. The van der Waals surface area contributed by atoms with E-state index in [-0.39, 0.29) is 5.91 Å². The first-order chi connectivity index (χ1) is 9.02. The van der Waals surface area contributed by atoms with Crippen molar-refractivity contribution in [3.05, 3.63) is 29.3 Å². The van der Waals surface area contributed by atoms with E-state index in [0.717, 1.165) is 17.9 Å². The summed E-state index contributed by atoms with van der Waals surface area (Å²) < 4.78 is 0. The third-order valence-corrected chi connectivity index (χ3v) is 4.61. The molecule has 104 valence electrons. The number of hydrogen-bond acceptors (Lipinski definition) is 2. The Kier molecular flexibility index (Phi) is 4.13. The molecule has 0 radical (unpaired) electrons. The summed E-state index contributed by atoms with van der Waals surface area (Å²) in [7, 11) is 0. The first kappa shape index (κ1) is 13.9. The van der Waals surface area contributed by atoms with E-state index < -0.39 is 0 Å². The molecule has 2 rings (SSSR count). The molecular weight excluding hydrogens is 236 g/mol. The van der Waals surface area contributed by atoms with Crippen molar-refractivity contribution in [2.75, 3.05) is 5.73 Å². The number of carbonyl (C=O) groups excluding carboxylic acids is 1. The molecule has 0 heterocycles. The van der Waals surface area contributed by atoms with Crippen molar-refractivity contribution < 1.29 is 4.79 Å². The lowest BCUT2D eigenvalue weighted by Gasteiger charge is -2.21. The summed E-state index contributed by atoms with van der Waals surface area (Å²) in [6.45, 7) is 6.42. The predicted octanol–water partition coefficient (Wildman–Crippen LogP) is 3.13. The Bertz CT molecular complexity index is 470. The minimum Gasteiger partial charge on any atom is -0.398 e. The van der Waals surface area contributed by atoms with Crippen molar-refractivity contribution in [3.63, 3.8) is 0 Å². The number of nitrogens with two attached hydrogens (primary N) is 1. The number of carbonyl (C=O) groups is 1. The van der Waals surface area contributed by atoms with Crippen LogP contribution in [0, 0.1) is 18.8 Å². The summed E-state index contributed by atoms with van der Waals surface area (Å²) in [5.74, 6) is 1.31. The standard InChI is InChI=1S/C16H24N2O/c1-4-12-7-8-15(11(12)3)18-16(19)13-6-5-10(2)14(17)9-13/h5-6,9,11-12,15H,4,7-8,17H2,1-3H3,(H,18,19). The van der Waals surface area contributed by atoms with E-state index >= 15 is 0 Å². The number of anilines is 1. The highest BCUT2D eigenvalue weighted by molar-refractivity contribution is 5.95. The van der Waals surface area contributed by atoms with Crippen LogP contribution in [0.25, 0.3) is 0 Å². The molecule has 0 bridgehead atoms. The van der Waals surface area contributed by atoms with Gasteiger partial charge in [-0.1, -0.05) is 26.3 Å². The zero-order valence-corrected chi connectivity index (χ0v) is 12.1. The molecule has 3 nitrogen and oxygen atoms in total. The van der Waals surface area contributed by atoms with Gasteiger partial charge in [-0.15, -0.1) is 0 Å². The van der Waals surface area contributed by atoms with Crippen molar-refractivity contribution in [2.45, 2.75) is 46.1 Å². The number of aryl methyl sites for hydroxylation is 1. The number of benzene rings is 1. The maximum atomic E-state index is 12.2. The normalized spacial score (nSPS) is 26.4. The lowest BCUT2D eigenvalue weighted by atomic mass is 9.93. The molecule has 1 aliphatic carbocycles. The Morgan fingerprint density at radius 1 is 1.42 bits per heavy atom. The number of hydrogen-bond donors (Lipinski definition) is 2. The minimum atomic E-state index is 0.000281. The highest BCUT2D eigenvalue weighted by Gasteiger charge is 2.32. The molecule has 1 aromatic rings. The van der Waals surface area contributed by atoms with Gasteiger partial charge in [-0.05, 0) is 49.3 Å². The van der Waals surface area contributed by atoms with Gasteiger partial charge < -0.3 is 11.1 Å². The van der Waals surface area contributed by atoms with E-state index in [4.69, 9.17) is 5.73 Å². The van der Waals surface area contributed by atoms with Crippen LogP contribution in [0.1, 0.15) is 49.0 Å². The Balaban J connectivity index is 2.03. The van der Waals surface area contributed by atoms with Gasteiger partial charge in [0, 0.05) is 17.3 Å². The van der Waals surface area contributed by atoms with E-state index in [9.17, 15) is 4.79 Å². The Labute approximate surface area is 115 Å². The molecule has 3 unspecified atom stereocenters. The molecule has 3 N–H and O–H groups in total. The fraction of sp³-hybridized carbons (Fsp3) is 0.562. The second-order valence-corrected chi connectivity index (χ2v) is 5.76. The van der Waals surface area contributed by atoms with Crippen molar-refractivity contribution in [3.8, 4) is 0 Å². The van der Waals surface area contributed by atoms with E-state index in [0.29, 0.717) is 23.2 Å². The Morgan fingerprint density at radius 2 is 2.16 bits per heavy atom. The maximum absolute atomic E-state index is 12.2. The number of nitrogens with one attached hydrogen (secondary N) is 1. The average Bonchev–Trinajstić information content (AvgIpc) is 2.73. The number of rotatable bonds is 3. The largest absolute Gasteiger partial charge is 0.398 e. The zero-order valence-electron chi connectivity index (χ0n) is 12.1. The lowest BCUT2D eigenvalue weighted by molar-refractivity contribution is 0.0926. The molecule has 3 atom stereocenters. The topological polar surface area (TPSA) is 55.1 Å². The molecule has 0 spiro atoms. The van der Waals surface area contributed by atoms with E-state index in [1.807, 2.05) is 19.1 Å². The number of nitrogen functional groups attached to an aromatic ring is 1. The van der Waals surface area contributed by atoms with Crippen LogP contribution in [-0.4, -0.2) is 11.9 Å². The van der Waals surface area contributed by atoms with E-state index in [1.54, 1.807) is 6.07 Å². The molecular formula is C16H24N2O. The second kappa shape index (κ2) is 5.64. The smallest absolute Gasteiger partial charge is 0.251 e. The molecule has 0 saturated heterocycles. The van der Waals surface area contributed by atoms with Crippen molar-refractivity contribution in [1.29, 1.82) is 0 Å². The summed E-state index contributed by atoms with van der Waals surface area (Å²) >= 11 is 0. The van der Waals surface area contributed by atoms with Gasteiger partial charge >= 0.3 is 0 Å². The second-order valence-electron chi connectivity index (χ2n) is 5.76. The van der Waals surface area contributed by atoms with Crippen LogP contribution in [-0.2, 0) is 0 Å². The van der Waals surface area contributed by atoms with Gasteiger partial charge in [-0.2, -0.15) is 0 Å². The van der Waals surface area contributed by atoms with Gasteiger partial charge in [0.05, 0.1) is 0 Å². The van der Waals surface area contributed by atoms with Crippen LogP contribution in [0.4, 0.5) is 5.69 Å². The quantitative estimate of drug-likeness (QED) is 0.820. The van der Waals surface area contributed by atoms with Gasteiger partial charge in [-0.25, -0.2) is 0 Å². The molecule has 3 heteroatoms. The summed E-state index contributed by atoms with van der Waals surface area (Å²) in [5, 5.41) is 3.16. The summed E-state index contributed by atoms with van der Waals surface area (Å²) in [6, 6.07) is 5.82. The zero-order chi connectivity index (χ0) is 14.0. The third-order valence-electron chi connectivity index (χ3n) is 4.61. The monoisotopic (exact) mass is 260 g/mol. The first-order valence-electron chi connectivity index (χ1n) is 7.20. The highest BCUT2D eigenvalue weighted by Crippen LogP contribution is 2.34. The molecule has 0 aromatic heterocycles. The molecule has 1 amide bonds. The molecule has 1 saturated carbocycles. The fourth-order valence-electron chi connectivity index (χ4n) is 3.06. The highest BCUT2D eigenvalue weighted by atomic mass is 16.1. The summed E-state index contributed by atoms with van der Waals surface area (Å²) in [5.41, 5.74) is 8.21. The fourth-order valence-corrected chi connectivity index (χ4v) is 3.06.